The number of benzene rings is 2. The van der Waals surface area contributed by atoms with E-state index in [0.717, 1.165) is 5.01 Å². The van der Waals surface area contributed by atoms with Crippen LogP contribution >= 0.6 is 0 Å². The molecular formula is C31H26N6O8. The molecule has 2 aromatic rings. The smallest absolute Gasteiger partial charge is 0.335 e. The lowest BCUT2D eigenvalue weighted by atomic mass is 9.82. The Bertz CT molecular complexity index is 1970. The van der Waals surface area contributed by atoms with Gasteiger partial charge in [-0.15, -0.1) is 5.10 Å². The van der Waals surface area contributed by atoms with Gasteiger partial charge in [0.1, 0.15) is 17.5 Å². The van der Waals surface area contributed by atoms with Crippen molar-refractivity contribution in [2.45, 2.75) is 13.8 Å². The molecule has 1 saturated heterocycles. The molecule has 14 nitrogen and oxygen atoms in total. The number of carbonyl (C=O) groups excluding carboxylic acids is 2. The standard InChI is InChI=1S/C31H26N6O8/c1-15-21(27(39)32-25-23(15)29(41)36(34-25)18-8-6-17(7-9-18)31(43)44)4-3-5-22-16(2)24-26(33-28(22)40)35-37(30(24)42)19-10-12-20(13-11-19)45-14-38/h3-13,15,23,38H,14H2,1-2H3,(H,43,44)(H,32,34,39)(H2,33,35,40)/b5-3?,21-4-. The number of nitrogens with zero attached hydrogens (tertiary/aromatic N) is 4. The summed E-state index contributed by atoms with van der Waals surface area (Å²) in [5.41, 5.74) is 1.79. The van der Waals surface area contributed by atoms with Gasteiger partial charge in [-0.05, 0) is 67.1 Å². The van der Waals surface area contributed by atoms with Crippen LogP contribution in [0, 0.1) is 18.8 Å². The average molecular weight is 611 g/mol. The van der Waals surface area contributed by atoms with Gasteiger partial charge in [-0.2, -0.15) is 14.8 Å². The number of fused-ring (bicyclic) bond motifs is 2. The molecular weight excluding hydrogens is 584 g/mol. The third-order valence-corrected chi connectivity index (χ3v) is 7.80. The summed E-state index contributed by atoms with van der Waals surface area (Å²) in [5, 5.41) is 41.2. The molecule has 0 bridgehead atoms. The van der Waals surface area contributed by atoms with E-state index in [1.165, 1.54) is 35.0 Å². The second-order valence-corrected chi connectivity index (χ2v) is 10.4. The van der Waals surface area contributed by atoms with Crippen LogP contribution in [-0.4, -0.2) is 60.5 Å². The maximum atomic E-state index is 13.3. The van der Waals surface area contributed by atoms with Gasteiger partial charge in [-0.25, -0.2) is 4.79 Å². The molecule has 1 fully saturated rings. The number of hydrazone groups is 1. The normalized spacial score (nSPS) is 18.9. The number of amidine groups is 1. The Kier molecular flexibility index (Phi) is 7.26. The zero-order chi connectivity index (χ0) is 32.0. The maximum absolute atomic E-state index is 13.3. The molecule has 2 unspecified atom stereocenters. The van der Waals surface area contributed by atoms with Gasteiger partial charge in [0.2, 0.25) is 0 Å². The molecule has 4 aliphatic heterocycles. The predicted molar refractivity (Wildman–Crippen MR) is 161 cm³/mol. The first-order chi connectivity index (χ1) is 21.6. The SMILES string of the molecule is Cc1c(C=C/C=C2\C(=O)NC3=NN(c4ccc(C(=O)O)cc4)C(=O)C3C2C)c(O)[nH]c2nn(-c3ccc(OCO)cc3)c(=O)c1-2. The van der Waals surface area contributed by atoms with Gasteiger partial charge in [0.05, 0.1) is 22.5 Å². The van der Waals surface area contributed by atoms with Crippen LogP contribution in [0.5, 0.6) is 11.6 Å². The third kappa shape index (κ3) is 5.02. The first kappa shape index (κ1) is 29.1. The average Bonchev–Trinajstić information content (AvgIpc) is 3.52. The van der Waals surface area contributed by atoms with E-state index in [1.807, 2.05) is 0 Å². The number of anilines is 1. The minimum atomic E-state index is -1.10. The number of aromatic carboxylic acids is 1. The van der Waals surface area contributed by atoms with Gasteiger partial charge in [-0.3, -0.25) is 14.4 Å². The Hall–Kier alpha value is -6.02. The van der Waals surface area contributed by atoms with Crippen LogP contribution in [0.25, 0.3) is 23.2 Å². The van der Waals surface area contributed by atoms with E-state index in [4.69, 9.17) is 14.9 Å². The van der Waals surface area contributed by atoms with Crippen molar-refractivity contribution in [3.63, 3.8) is 0 Å². The van der Waals surface area contributed by atoms with E-state index in [9.17, 15) is 24.3 Å². The largest absolute Gasteiger partial charge is 0.494 e. The first-order valence-corrected chi connectivity index (χ1v) is 13.7. The number of aliphatic hydroxyl groups excluding tert-OH is 1. The lowest BCUT2D eigenvalue weighted by molar-refractivity contribution is -0.121. The number of aromatic amines is 1. The Morgan fingerprint density at radius 1 is 1.07 bits per heavy atom. The predicted octanol–water partition coefficient (Wildman–Crippen LogP) is 2.39. The number of H-pyrrole nitrogens is 1. The maximum Gasteiger partial charge on any atom is 0.335 e. The number of aromatic hydroxyl groups is 1. The van der Waals surface area contributed by atoms with Gasteiger partial charge in [0.15, 0.2) is 18.5 Å². The van der Waals surface area contributed by atoms with Crippen LogP contribution < -0.4 is 20.6 Å². The topological polar surface area (TPSA) is 199 Å². The fourth-order valence-electron chi connectivity index (χ4n) is 5.46. The fourth-order valence-corrected chi connectivity index (χ4v) is 5.46. The Labute approximate surface area is 254 Å². The van der Waals surface area contributed by atoms with E-state index in [0.29, 0.717) is 33.8 Å². The Morgan fingerprint density at radius 2 is 1.76 bits per heavy atom. The van der Waals surface area contributed by atoms with Gasteiger partial charge >= 0.3 is 5.97 Å². The van der Waals surface area contributed by atoms with E-state index >= 15 is 0 Å². The van der Waals surface area contributed by atoms with Crippen LogP contribution in [0.4, 0.5) is 5.69 Å². The highest BCUT2D eigenvalue weighted by atomic mass is 16.6. The number of carbonyl (C=O) groups is 3. The molecule has 45 heavy (non-hydrogen) atoms. The molecule has 14 heteroatoms. The summed E-state index contributed by atoms with van der Waals surface area (Å²) in [5.74, 6) is -2.68. The summed E-state index contributed by atoms with van der Waals surface area (Å²) in [7, 11) is 0. The molecule has 4 heterocycles. The first-order valence-electron chi connectivity index (χ1n) is 13.7. The van der Waals surface area contributed by atoms with Gasteiger partial charge in [-0.1, -0.05) is 19.1 Å². The highest BCUT2D eigenvalue weighted by Gasteiger charge is 2.46. The minimum absolute atomic E-state index is 0.0626. The number of aromatic nitrogens is 3. The van der Waals surface area contributed by atoms with Gasteiger partial charge in [0, 0.05) is 17.1 Å². The number of pyridine rings is 1. The highest BCUT2D eigenvalue weighted by molar-refractivity contribution is 6.23. The molecule has 2 atom stereocenters. The number of piperidine rings is 1. The number of hydrogen-bond acceptors (Lipinski definition) is 9. The Balaban J connectivity index is 1.26. The lowest BCUT2D eigenvalue weighted by Gasteiger charge is -2.27. The molecule has 4 aliphatic rings. The number of allylic oxidation sites excluding steroid dienone is 2. The quantitative estimate of drug-likeness (QED) is 0.154. The number of ether oxygens (including phenoxy) is 1. The van der Waals surface area contributed by atoms with Crippen molar-refractivity contribution in [3.05, 3.63) is 93.3 Å². The van der Waals surface area contributed by atoms with E-state index in [1.54, 1.807) is 50.3 Å². The summed E-state index contributed by atoms with van der Waals surface area (Å²) < 4.78 is 6.20. The van der Waals surface area contributed by atoms with E-state index < -0.39 is 36.1 Å². The summed E-state index contributed by atoms with van der Waals surface area (Å²) in [6.07, 6.45) is 4.63. The summed E-state index contributed by atoms with van der Waals surface area (Å²) >= 11 is 0. The van der Waals surface area contributed by atoms with Crippen molar-refractivity contribution < 1.29 is 34.4 Å². The van der Waals surface area contributed by atoms with Crippen molar-refractivity contribution in [1.29, 1.82) is 0 Å². The fraction of sp³-hybridized carbons (Fsp3) is 0.161. The van der Waals surface area contributed by atoms with Crippen molar-refractivity contribution in [2.75, 3.05) is 11.8 Å². The van der Waals surface area contributed by atoms with Gasteiger partial charge in [0.25, 0.3) is 17.4 Å². The Morgan fingerprint density at radius 3 is 2.42 bits per heavy atom. The van der Waals surface area contributed by atoms with Crippen LogP contribution in [0.2, 0.25) is 0 Å². The van der Waals surface area contributed by atoms with Crippen LogP contribution in [0.3, 0.4) is 0 Å². The van der Waals surface area contributed by atoms with Crippen molar-refractivity contribution in [1.82, 2.24) is 20.1 Å². The number of carboxylic acid groups (broad SMARTS) is 1. The molecule has 0 aromatic heterocycles. The van der Waals surface area contributed by atoms with Crippen LogP contribution in [0.1, 0.15) is 28.4 Å². The molecule has 2 aromatic carbocycles. The zero-order valence-electron chi connectivity index (χ0n) is 23.9. The number of rotatable bonds is 7. The van der Waals surface area contributed by atoms with Crippen molar-refractivity contribution >= 4 is 35.4 Å². The van der Waals surface area contributed by atoms with Crippen LogP contribution in [-0.2, 0) is 9.59 Å². The second kappa shape index (κ2) is 11.2. The lowest BCUT2D eigenvalue weighted by Crippen LogP contribution is -2.47. The molecule has 5 N–H and O–H groups in total. The third-order valence-electron chi connectivity index (χ3n) is 7.80. The summed E-state index contributed by atoms with van der Waals surface area (Å²) in [6, 6.07) is 12.1. The number of aliphatic hydroxyl groups is 1. The van der Waals surface area contributed by atoms with Crippen LogP contribution in [0.15, 0.2) is 76.2 Å². The molecule has 228 valence electrons. The summed E-state index contributed by atoms with van der Waals surface area (Å²) in [4.78, 5) is 53.5. The molecule has 6 rings (SSSR count). The minimum Gasteiger partial charge on any atom is -0.494 e. The summed E-state index contributed by atoms with van der Waals surface area (Å²) in [6.45, 7) is 2.92. The van der Waals surface area contributed by atoms with E-state index in [2.05, 4.69) is 20.5 Å². The number of hydrogen-bond donors (Lipinski definition) is 5. The molecule has 2 amide bonds. The number of nitrogens with one attached hydrogen (secondary N) is 2. The molecule has 0 aliphatic carbocycles. The highest BCUT2D eigenvalue weighted by Crippen LogP contribution is 2.35. The van der Waals surface area contributed by atoms with Crippen molar-refractivity contribution in [3.8, 4) is 28.7 Å². The number of amides is 2. The van der Waals surface area contributed by atoms with E-state index in [-0.39, 0.29) is 34.6 Å². The molecule has 0 radical (unpaired) electrons. The van der Waals surface area contributed by atoms with Crippen molar-refractivity contribution in [2.24, 2.45) is 16.9 Å². The molecule has 0 saturated carbocycles. The van der Waals surface area contributed by atoms with Gasteiger partial charge < -0.3 is 30.4 Å². The second-order valence-electron chi connectivity index (χ2n) is 10.4. The zero-order valence-corrected chi connectivity index (χ0v) is 23.9. The monoisotopic (exact) mass is 610 g/mol. The molecule has 0 spiro atoms. The number of carboxylic acids is 1.